The van der Waals surface area contributed by atoms with Gasteiger partial charge in [-0.2, -0.15) is 0 Å². The van der Waals surface area contributed by atoms with E-state index in [0.29, 0.717) is 5.82 Å². The highest BCUT2D eigenvalue weighted by atomic mass is 16.8. The van der Waals surface area contributed by atoms with Gasteiger partial charge in [-0.1, -0.05) is 0 Å². The van der Waals surface area contributed by atoms with E-state index in [1.54, 1.807) is 13.8 Å². The Labute approximate surface area is 143 Å². The zero-order valence-corrected chi connectivity index (χ0v) is 14.5. The topological polar surface area (TPSA) is 102 Å². The van der Waals surface area contributed by atoms with Gasteiger partial charge in [-0.15, -0.1) is 0 Å². The molecule has 4 heterocycles. The Hall–Kier alpha value is -1.72. The summed E-state index contributed by atoms with van der Waals surface area (Å²) in [5.74, 6) is -0.534. The van der Waals surface area contributed by atoms with Gasteiger partial charge in [-0.3, -0.25) is 9.36 Å². The van der Waals surface area contributed by atoms with Crippen LogP contribution in [0.2, 0.25) is 0 Å². The molecule has 4 atom stereocenters. The lowest BCUT2D eigenvalue weighted by molar-refractivity contribution is -0.215. The molecule has 138 valence electrons. The first-order chi connectivity index (χ1) is 11.8. The third-order valence-corrected chi connectivity index (χ3v) is 4.64. The molecule has 0 aliphatic carbocycles. The summed E-state index contributed by atoms with van der Waals surface area (Å²) in [4.78, 5) is 24.5. The number of hydrogen-bond donors (Lipinski definition) is 1. The Bertz CT molecular complexity index is 816. The van der Waals surface area contributed by atoms with Crippen molar-refractivity contribution in [3.63, 3.8) is 0 Å². The lowest BCUT2D eigenvalue weighted by Crippen LogP contribution is -2.48. The molecular formula is C15H21N3O7. The molecule has 0 unspecified atom stereocenters. The van der Waals surface area contributed by atoms with Crippen molar-refractivity contribution in [2.24, 2.45) is 7.05 Å². The van der Waals surface area contributed by atoms with Crippen molar-refractivity contribution in [2.45, 2.75) is 43.8 Å². The van der Waals surface area contributed by atoms with Crippen molar-refractivity contribution in [1.82, 2.24) is 9.13 Å². The molecule has 1 N–H and O–H groups in total. The van der Waals surface area contributed by atoms with Crippen LogP contribution in [0, 0.1) is 0 Å². The molecule has 3 aliphatic rings. The number of anilines is 1. The van der Waals surface area contributed by atoms with Crippen LogP contribution in [-0.2, 0) is 30.7 Å². The summed E-state index contributed by atoms with van der Waals surface area (Å²) in [5, 5.41) is 3.15. The summed E-state index contributed by atoms with van der Waals surface area (Å²) in [6.45, 7) is 3.91. The Morgan fingerprint density at radius 2 is 2.12 bits per heavy atom. The van der Waals surface area contributed by atoms with E-state index in [1.807, 2.05) is 0 Å². The number of methoxy groups -OCH3 is 1. The number of aromatic nitrogens is 2. The van der Waals surface area contributed by atoms with Gasteiger partial charge in [0.25, 0.3) is 5.56 Å². The maximum atomic E-state index is 12.6. The molecule has 10 nitrogen and oxygen atoms in total. The van der Waals surface area contributed by atoms with Crippen LogP contribution < -0.4 is 16.6 Å². The van der Waals surface area contributed by atoms with Gasteiger partial charge in [0, 0.05) is 20.2 Å². The molecule has 0 bridgehead atoms. The van der Waals surface area contributed by atoms with E-state index >= 15 is 0 Å². The fourth-order valence-corrected chi connectivity index (χ4v) is 3.71. The fraction of sp³-hybridized carbons (Fsp3) is 0.733. The highest BCUT2D eigenvalue weighted by Crippen LogP contribution is 2.54. The Balaban J connectivity index is 1.76. The largest absolute Gasteiger partial charge is 0.359 e. The van der Waals surface area contributed by atoms with Gasteiger partial charge in [0.2, 0.25) is 5.72 Å². The van der Waals surface area contributed by atoms with E-state index in [4.69, 9.17) is 23.7 Å². The SMILES string of the molecule is COCOC[C@H]1O[C@H]2n3c(cc(=O)n(C)c3=O)N[C@]23OC(C)(C)O[C@H]13. The number of fused-ring (bicyclic) bond motifs is 2. The highest BCUT2D eigenvalue weighted by Gasteiger charge is 2.70. The average Bonchev–Trinajstić information content (AvgIpc) is 3.06. The van der Waals surface area contributed by atoms with Gasteiger partial charge < -0.3 is 29.0 Å². The van der Waals surface area contributed by atoms with Crippen LogP contribution in [0.15, 0.2) is 15.7 Å². The average molecular weight is 355 g/mol. The summed E-state index contributed by atoms with van der Waals surface area (Å²) < 4.78 is 30.9. The Morgan fingerprint density at radius 3 is 2.84 bits per heavy atom. The second-order valence-corrected chi connectivity index (χ2v) is 6.84. The van der Waals surface area contributed by atoms with Crippen LogP contribution >= 0.6 is 0 Å². The van der Waals surface area contributed by atoms with E-state index in [2.05, 4.69) is 5.32 Å². The Kier molecular flexibility index (Phi) is 3.61. The van der Waals surface area contributed by atoms with Gasteiger partial charge in [-0.25, -0.2) is 9.36 Å². The number of nitrogens with zero attached hydrogens (tertiary/aromatic N) is 2. The number of rotatable bonds is 4. The maximum absolute atomic E-state index is 12.6. The minimum absolute atomic E-state index is 0.118. The van der Waals surface area contributed by atoms with E-state index in [0.717, 1.165) is 4.57 Å². The molecule has 0 saturated carbocycles. The first kappa shape index (κ1) is 16.7. The molecule has 25 heavy (non-hydrogen) atoms. The van der Waals surface area contributed by atoms with Crippen LogP contribution in [0.5, 0.6) is 0 Å². The van der Waals surface area contributed by atoms with E-state index in [9.17, 15) is 9.59 Å². The molecule has 2 fully saturated rings. The zero-order chi connectivity index (χ0) is 18.0. The minimum Gasteiger partial charge on any atom is -0.359 e. The molecular weight excluding hydrogens is 334 g/mol. The van der Waals surface area contributed by atoms with Gasteiger partial charge in [-0.05, 0) is 13.8 Å². The van der Waals surface area contributed by atoms with Crippen molar-refractivity contribution in [3.8, 4) is 0 Å². The number of ether oxygens (including phenoxy) is 5. The third kappa shape index (κ3) is 2.29. The van der Waals surface area contributed by atoms with Gasteiger partial charge in [0.1, 0.15) is 24.8 Å². The van der Waals surface area contributed by atoms with Crippen molar-refractivity contribution in [2.75, 3.05) is 25.8 Å². The molecule has 0 radical (unpaired) electrons. The van der Waals surface area contributed by atoms with Crippen molar-refractivity contribution in [1.29, 1.82) is 0 Å². The summed E-state index contributed by atoms with van der Waals surface area (Å²) in [6, 6.07) is 1.35. The number of nitrogens with one attached hydrogen (secondary N) is 1. The van der Waals surface area contributed by atoms with Gasteiger partial charge in [0.15, 0.2) is 12.0 Å². The predicted molar refractivity (Wildman–Crippen MR) is 84.1 cm³/mol. The first-order valence-corrected chi connectivity index (χ1v) is 8.00. The minimum atomic E-state index is -1.10. The third-order valence-electron chi connectivity index (χ3n) is 4.64. The number of hydrogen-bond acceptors (Lipinski definition) is 8. The van der Waals surface area contributed by atoms with E-state index in [1.165, 1.54) is 24.8 Å². The van der Waals surface area contributed by atoms with Crippen LogP contribution in [0.1, 0.15) is 20.1 Å². The molecule has 10 heteroatoms. The quantitative estimate of drug-likeness (QED) is 0.561. The van der Waals surface area contributed by atoms with Crippen LogP contribution in [0.4, 0.5) is 5.82 Å². The molecule has 0 aromatic carbocycles. The molecule has 1 spiro atoms. The molecule has 0 amide bonds. The van der Waals surface area contributed by atoms with Crippen LogP contribution in [-0.4, -0.2) is 53.4 Å². The molecule has 1 aromatic heterocycles. The molecule has 3 aliphatic heterocycles. The molecule has 1 aromatic rings. The molecule has 4 rings (SSSR count). The summed E-state index contributed by atoms with van der Waals surface area (Å²) >= 11 is 0. The lowest BCUT2D eigenvalue weighted by Gasteiger charge is -2.27. The monoisotopic (exact) mass is 355 g/mol. The van der Waals surface area contributed by atoms with Crippen LogP contribution in [0.3, 0.4) is 0 Å². The highest BCUT2D eigenvalue weighted by molar-refractivity contribution is 5.45. The van der Waals surface area contributed by atoms with Crippen molar-refractivity contribution >= 4 is 5.82 Å². The fourth-order valence-electron chi connectivity index (χ4n) is 3.71. The van der Waals surface area contributed by atoms with Gasteiger partial charge >= 0.3 is 5.69 Å². The first-order valence-electron chi connectivity index (χ1n) is 8.00. The van der Waals surface area contributed by atoms with E-state index in [-0.39, 0.29) is 13.4 Å². The summed E-state index contributed by atoms with van der Waals surface area (Å²) in [6.07, 6.45) is -1.76. The normalized spacial score (nSPS) is 34.5. The predicted octanol–water partition coefficient (Wildman–Crippen LogP) is -0.662. The van der Waals surface area contributed by atoms with Gasteiger partial charge in [0.05, 0.1) is 6.61 Å². The van der Waals surface area contributed by atoms with Crippen molar-refractivity contribution in [3.05, 3.63) is 26.9 Å². The smallest absolute Gasteiger partial charge is 0.334 e. The summed E-state index contributed by atoms with van der Waals surface area (Å²) in [7, 11) is 2.95. The Morgan fingerprint density at radius 1 is 1.36 bits per heavy atom. The maximum Gasteiger partial charge on any atom is 0.334 e. The van der Waals surface area contributed by atoms with E-state index < -0.39 is 41.2 Å². The van der Waals surface area contributed by atoms with Crippen molar-refractivity contribution < 1.29 is 23.7 Å². The molecule has 2 saturated heterocycles. The second kappa shape index (κ2) is 5.39. The zero-order valence-electron chi connectivity index (χ0n) is 14.5. The van der Waals surface area contributed by atoms with Crippen LogP contribution in [0.25, 0.3) is 0 Å². The second-order valence-electron chi connectivity index (χ2n) is 6.84. The standard InChI is InChI=1S/C15H21N3O7/c1-14(2)24-11-8(6-22-7-21-4)23-12-15(11,25-14)16-9-5-10(19)17(3)13(20)18(9)12/h5,8,11-12,16H,6-7H2,1-4H3/t8-,11-,12-,15-/m1/s1. The summed E-state index contributed by atoms with van der Waals surface area (Å²) in [5.41, 5.74) is -1.99. The lowest BCUT2D eigenvalue weighted by atomic mass is 10.1.